The second-order valence-electron chi connectivity index (χ2n) is 4.97. The van der Waals surface area contributed by atoms with Crippen LogP contribution in [0.2, 0.25) is 0 Å². The molecule has 3 heteroatoms. The van der Waals surface area contributed by atoms with Crippen molar-refractivity contribution in [3.05, 3.63) is 35.4 Å². The van der Waals surface area contributed by atoms with E-state index in [1.165, 1.54) is 11.1 Å². The molecule has 3 nitrogen and oxygen atoms in total. The van der Waals surface area contributed by atoms with Gasteiger partial charge in [0.15, 0.2) is 0 Å². The first-order valence-corrected chi connectivity index (χ1v) is 7.21. The fourth-order valence-corrected chi connectivity index (χ4v) is 2.15. The maximum Gasteiger partial charge on any atom is 0.236 e. The molecule has 1 rings (SSSR count). The average molecular weight is 262 g/mol. The molecule has 0 aliphatic rings. The van der Waals surface area contributed by atoms with E-state index in [0.717, 1.165) is 32.5 Å². The monoisotopic (exact) mass is 262 g/mol. The van der Waals surface area contributed by atoms with Crippen molar-refractivity contribution in [2.24, 2.45) is 0 Å². The highest BCUT2D eigenvalue weighted by atomic mass is 16.2. The fourth-order valence-electron chi connectivity index (χ4n) is 2.15. The van der Waals surface area contributed by atoms with Gasteiger partial charge in [0, 0.05) is 19.6 Å². The molecule has 0 aromatic heterocycles. The number of amides is 1. The largest absolute Gasteiger partial charge is 0.342 e. The lowest BCUT2D eigenvalue weighted by Gasteiger charge is -2.21. The van der Waals surface area contributed by atoms with Crippen LogP contribution in [0.1, 0.15) is 37.8 Å². The summed E-state index contributed by atoms with van der Waals surface area (Å²) in [4.78, 5) is 14.0. The molecular formula is C16H26N2O. The predicted molar refractivity (Wildman–Crippen MR) is 80.0 cm³/mol. The van der Waals surface area contributed by atoms with Gasteiger partial charge in [-0.1, -0.05) is 43.7 Å². The lowest BCUT2D eigenvalue weighted by Crippen LogP contribution is -2.38. The van der Waals surface area contributed by atoms with E-state index in [1.807, 2.05) is 4.90 Å². The van der Waals surface area contributed by atoms with Crippen LogP contribution in [0.3, 0.4) is 0 Å². The van der Waals surface area contributed by atoms with E-state index in [2.05, 4.69) is 50.4 Å². The summed E-state index contributed by atoms with van der Waals surface area (Å²) in [7, 11) is 0. The predicted octanol–water partition coefficient (Wildman–Crippen LogP) is 2.73. The molecule has 0 aliphatic carbocycles. The van der Waals surface area contributed by atoms with Gasteiger partial charge >= 0.3 is 0 Å². The van der Waals surface area contributed by atoms with Crippen LogP contribution in [0.15, 0.2) is 24.3 Å². The molecule has 0 unspecified atom stereocenters. The Morgan fingerprint density at radius 2 is 1.89 bits per heavy atom. The normalized spacial score (nSPS) is 10.5. The van der Waals surface area contributed by atoms with E-state index in [1.54, 1.807) is 0 Å². The zero-order valence-electron chi connectivity index (χ0n) is 12.4. The quantitative estimate of drug-likeness (QED) is 0.781. The van der Waals surface area contributed by atoms with E-state index in [4.69, 9.17) is 0 Å². The maximum atomic E-state index is 12.0. The second kappa shape index (κ2) is 8.70. The Morgan fingerprint density at radius 1 is 1.21 bits per heavy atom. The molecule has 106 valence electrons. The smallest absolute Gasteiger partial charge is 0.236 e. The molecular weight excluding hydrogens is 236 g/mol. The van der Waals surface area contributed by atoms with Gasteiger partial charge in [0.25, 0.3) is 0 Å². The highest BCUT2D eigenvalue weighted by Crippen LogP contribution is 2.03. The lowest BCUT2D eigenvalue weighted by molar-refractivity contribution is -0.130. The number of aryl methyl sites for hydroxylation is 1. The lowest BCUT2D eigenvalue weighted by atomic mass is 10.1. The molecule has 0 heterocycles. The van der Waals surface area contributed by atoms with Crippen LogP contribution in [-0.2, 0) is 11.3 Å². The van der Waals surface area contributed by atoms with Gasteiger partial charge < -0.3 is 10.2 Å². The van der Waals surface area contributed by atoms with Gasteiger partial charge in [-0.25, -0.2) is 0 Å². The average Bonchev–Trinajstić information content (AvgIpc) is 2.38. The Hall–Kier alpha value is -1.35. The summed E-state index contributed by atoms with van der Waals surface area (Å²) < 4.78 is 0. The molecule has 1 aromatic carbocycles. The Morgan fingerprint density at radius 3 is 2.47 bits per heavy atom. The number of rotatable bonds is 8. The third-order valence-corrected chi connectivity index (χ3v) is 3.03. The van der Waals surface area contributed by atoms with Crippen LogP contribution in [0.25, 0.3) is 0 Å². The van der Waals surface area contributed by atoms with Crippen molar-refractivity contribution in [3.8, 4) is 0 Å². The van der Waals surface area contributed by atoms with Crippen molar-refractivity contribution >= 4 is 5.91 Å². The summed E-state index contributed by atoms with van der Waals surface area (Å²) >= 11 is 0. The van der Waals surface area contributed by atoms with Gasteiger partial charge in [-0.2, -0.15) is 0 Å². The number of benzene rings is 1. The van der Waals surface area contributed by atoms with Crippen LogP contribution in [0.5, 0.6) is 0 Å². The molecule has 0 aliphatic heterocycles. The van der Waals surface area contributed by atoms with Gasteiger partial charge in [-0.05, 0) is 25.3 Å². The van der Waals surface area contributed by atoms with Crippen LogP contribution in [0.4, 0.5) is 0 Å². The Labute approximate surface area is 117 Å². The van der Waals surface area contributed by atoms with Gasteiger partial charge in [0.1, 0.15) is 0 Å². The third-order valence-electron chi connectivity index (χ3n) is 3.03. The summed E-state index contributed by atoms with van der Waals surface area (Å²) in [5, 5.41) is 3.23. The maximum absolute atomic E-state index is 12.0. The molecule has 0 saturated carbocycles. The summed E-state index contributed by atoms with van der Waals surface area (Å²) in [6, 6.07) is 8.36. The van der Waals surface area contributed by atoms with Crippen LogP contribution in [-0.4, -0.2) is 30.4 Å². The van der Waals surface area contributed by atoms with Gasteiger partial charge in [0.2, 0.25) is 5.91 Å². The number of carbonyl (C=O) groups excluding carboxylic acids is 1. The Kier molecular flexibility index (Phi) is 7.19. The molecule has 0 saturated heterocycles. The standard InChI is InChI=1S/C16H26N2O/c1-4-9-18(10-5-2)16(19)13-17-12-15-8-6-7-14(3)11-15/h6-8,11,17H,4-5,9-10,12-13H2,1-3H3. The van der Waals surface area contributed by atoms with Crippen molar-refractivity contribution in [2.45, 2.75) is 40.2 Å². The molecule has 0 fully saturated rings. The number of nitrogens with one attached hydrogen (secondary N) is 1. The van der Waals surface area contributed by atoms with E-state index in [9.17, 15) is 4.79 Å². The van der Waals surface area contributed by atoms with Crippen molar-refractivity contribution in [1.82, 2.24) is 10.2 Å². The van der Waals surface area contributed by atoms with E-state index < -0.39 is 0 Å². The molecule has 1 aromatic rings. The van der Waals surface area contributed by atoms with Crippen molar-refractivity contribution in [3.63, 3.8) is 0 Å². The van der Waals surface area contributed by atoms with Crippen LogP contribution >= 0.6 is 0 Å². The molecule has 1 N–H and O–H groups in total. The minimum atomic E-state index is 0.205. The third kappa shape index (κ3) is 5.88. The summed E-state index contributed by atoms with van der Waals surface area (Å²) in [6.45, 7) is 9.19. The molecule has 0 spiro atoms. The Balaban J connectivity index is 2.36. The molecule has 0 atom stereocenters. The van der Waals surface area contributed by atoms with Crippen LogP contribution < -0.4 is 5.32 Å². The molecule has 19 heavy (non-hydrogen) atoms. The Bertz CT molecular complexity index is 384. The number of hydrogen-bond donors (Lipinski definition) is 1. The first kappa shape index (κ1) is 15.7. The zero-order valence-corrected chi connectivity index (χ0v) is 12.4. The van der Waals surface area contributed by atoms with Crippen molar-refractivity contribution < 1.29 is 4.79 Å². The summed E-state index contributed by atoms with van der Waals surface area (Å²) in [5.41, 5.74) is 2.48. The van der Waals surface area contributed by atoms with E-state index >= 15 is 0 Å². The van der Waals surface area contributed by atoms with Crippen molar-refractivity contribution in [1.29, 1.82) is 0 Å². The minimum absolute atomic E-state index is 0.205. The second-order valence-corrected chi connectivity index (χ2v) is 4.97. The highest BCUT2D eigenvalue weighted by molar-refractivity contribution is 5.78. The summed E-state index contributed by atoms with van der Waals surface area (Å²) in [5.74, 6) is 0.205. The summed E-state index contributed by atoms with van der Waals surface area (Å²) in [6.07, 6.45) is 2.03. The first-order valence-electron chi connectivity index (χ1n) is 7.21. The highest BCUT2D eigenvalue weighted by Gasteiger charge is 2.10. The molecule has 1 amide bonds. The molecule has 0 bridgehead atoms. The molecule has 0 radical (unpaired) electrons. The number of carbonyl (C=O) groups is 1. The SMILES string of the molecule is CCCN(CCC)C(=O)CNCc1cccc(C)c1. The fraction of sp³-hybridized carbons (Fsp3) is 0.562. The van der Waals surface area contributed by atoms with Gasteiger partial charge in [-0.3, -0.25) is 4.79 Å². The van der Waals surface area contributed by atoms with E-state index in [0.29, 0.717) is 6.54 Å². The van der Waals surface area contributed by atoms with Gasteiger partial charge in [0.05, 0.1) is 6.54 Å². The van der Waals surface area contributed by atoms with Gasteiger partial charge in [-0.15, -0.1) is 0 Å². The minimum Gasteiger partial charge on any atom is -0.342 e. The topological polar surface area (TPSA) is 32.3 Å². The first-order chi connectivity index (χ1) is 9.17. The zero-order chi connectivity index (χ0) is 14.1. The number of nitrogens with zero attached hydrogens (tertiary/aromatic N) is 1. The van der Waals surface area contributed by atoms with Crippen molar-refractivity contribution in [2.75, 3.05) is 19.6 Å². The van der Waals surface area contributed by atoms with E-state index in [-0.39, 0.29) is 5.91 Å². The number of hydrogen-bond acceptors (Lipinski definition) is 2. The van der Waals surface area contributed by atoms with Crippen LogP contribution in [0, 0.1) is 6.92 Å².